The number of benzene rings is 1. The van der Waals surface area contributed by atoms with Crippen molar-refractivity contribution in [1.82, 2.24) is 20.2 Å². The number of fused-ring (bicyclic) bond motifs is 3. The molecule has 0 fully saturated rings. The van der Waals surface area contributed by atoms with Crippen molar-refractivity contribution in [2.75, 3.05) is 0 Å². The van der Waals surface area contributed by atoms with Crippen LogP contribution in [0.4, 0.5) is 0 Å². The minimum absolute atomic E-state index is 0.412. The predicted octanol–water partition coefficient (Wildman–Crippen LogP) is 5.67. The quantitative estimate of drug-likeness (QED) is 0.402. The van der Waals surface area contributed by atoms with Crippen molar-refractivity contribution in [2.24, 2.45) is 5.92 Å². The third-order valence-electron chi connectivity index (χ3n) is 4.75. The van der Waals surface area contributed by atoms with Crippen molar-refractivity contribution in [1.29, 1.82) is 0 Å². The molecule has 0 radical (unpaired) electrons. The largest absolute Gasteiger partial charge is 0.411 e. The van der Waals surface area contributed by atoms with Crippen molar-refractivity contribution >= 4 is 44.9 Å². The van der Waals surface area contributed by atoms with Gasteiger partial charge < -0.3 is 4.42 Å². The van der Waals surface area contributed by atoms with E-state index in [0.29, 0.717) is 16.1 Å². The van der Waals surface area contributed by atoms with Crippen molar-refractivity contribution in [3.63, 3.8) is 0 Å². The van der Waals surface area contributed by atoms with E-state index in [1.807, 2.05) is 18.2 Å². The van der Waals surface area contributed by atoms with Crippen LogP contribution in [0.3, 0.4) is 0 Å². The van der Waals surface area contributed by atoms with E-state index in [2.05, 4.69) is 27.1 Å². The van der Waals surface area contributed by atoms with Crippen LogP contribution in [0.2, 0.25) is 5.02 Å². The van der Waals surface area contributed by atoms with Gasteiger partial charge in [0, 0.05) is 10.3 Å². The normalized spacial score (nSPS) is 16.6. The van der Waals surface area contributed by atoms with E-state index in [1.165, 1.54) is 28.6 Å². The molecule has 3 aromatic heterocycles. The van der Waals surface area contributed by atoms with Crippen LogP contribution >= 0.6 is 34.7 Å². The molecule has 0 saturated heterocycles. The molecule has 0 bridgehead atoms. The summed E-state index contributed by atoms with van der Waals surface area (Å²) in [5.74, 6) is 1.14. The average Bonchev–Trinajstić information content (AvgIpc) is 3.26. The molecule has 136 valence electrons. The fourth-order valence-electron chi connectivity index (χ4n) is 3.40. The Morgan fingerprint density at radius 3 is 3.00 bits per heavy atom. The van der Waals surface area contributed by atoms with Gasteiger partial charge >= 0.3 is 0 Å². The molecule has 0 spiro atoms. The number of rotatable bonds is 3. The zero-order chi connectivity index (χ0) is 18.4. The maximum absolute atomic E-state index is 6.23. The zero-order valence-electron chi connectivity index (χ0n) is 14.5. The molecule has 5 nitrogen and oxygen atoms in total. The summed E-state index contributed by atoms with van der Waals surface area (Å²) in [7, 11) is 0. The van der Waals surface area contributed by atoms with Crippen LogP contribution in [0.25, 0.3) is 21.7 Å². The molecule has 0 N–H and O–H groups in total. The molecule has 0 saturated carbocycles. The van der Waals surface area contributed by atoms with E-state index in [4.69, 9.17) is 16.0 Å². The van der Waals surface area contributed by atoms with Crippen molar-refractivity contribution < 1.29 is 4.42 Å². The number of nitrogens with zero attached hydrogens (tertiary/aromatic N) is 4. The Kier molecular flexibility index (Phi) is 4.38. The highest BCUT2D eigenvalue weighted by atomic mass is 35.5. The second-order valence-electron chi connectivity index (χ2n) is 6.67. The molecule has 5 rings (SSSR count). The summed E-state index contributed by atoms with van der Waals surface area (Å²) in [6.45, 7) is 2.31. The summed E-state index contributed by atoms with van der Waals surface area (Å²) in [5, 5.41) is 11.4. The smallest absolute Gasteiger partial charge is 0.283 e. The number of halogens is 1. The summed E-state index contributed by atoms with van der Waals surface area (Å²) >= 11 is 9.40. The van der Waals surface area contributed by atoms with Crippen molar-refractivity contribution in [2.45, 2.75) is 36.4 Å². The second kappa shape index (κ2) is 6.89. The fraction of sp³-hybridized carbons (Fsp3) is 0.263. The Morgan fingerprint density at radius 1 is 1.22 bits per heavy atom. The fourth-order valence-corrected chi connectivity index (χ4v) is 5.82. The Balaban J connectivity index is 1.52. The molecule has 1 aliphatic rings. The van der Waals surface area contributed by atoms with Crippen LogP contribution < -0.4 is 0 Å². The van der Waals surface area contributed by atoms with Gasteiger partial charge in [0.05, 0.1) is 10.6 Å². The summed E-state index contributed by atoms with van der Waals surface area (Å²) < 4.78 is 5.84. The van der Waals surface area contributed by atoms with Gasteiger partial charge in [-0.25, -0.2) is 9.97 Å². The first kappa shape index (κ1) is 17.2. The first-order valence-corrected chi connectivity index (χ1v) is 10.7. The lowest BCUT2D eigenvalue weighted by Crippen LogP contribution is -2.08. The van der Waals surface area contributed by atoms with Gasteiger partial charge in [-0.05, 0) is 54.6 Å². The van der Waals surface area contributed by atoms with Gasteiger partial charge in [-0.2, -0.15) is 0 Å². The minimum Gasteiger partial charge on any atom is -0.411 e. The molecule has 1 aliphatic carbocycles. The molecule has 1 unspecified atom stereocenters. The van der Waals surface area contributed by atoms with Crippen LogP contribution in [0.5, 0.6) is 0 Å². The van der Waals surface area contributed by atoms with Crippen LogP contribution in [-0.4, -0.2) is 20.2 Å². The van der Waals surface area contributed by atoms with Crippen molar-refractivity contribution in [3.8, 4) is 11.5 Å². The number of aromatic nitrogens is 4. The van der Waals surface area contributed by atoms with E-state index in [0.717, 1.165) is 39.6 Å². The molecular weight excluding hydrogens is 400 g/mol. The summed E-state index contributed by atoms with van der Waals surface area (Å²) in [6, 6.07) is 7.44. The summed E-state index contributed by atoms with van der Waals surface area (Å²) in [6.07, 6.45) is 5.01. The SMILES string of the molecule is CC1CCc2c(sc3ncnc(Sc4nnc(-c5ccccc5Cl)o4)c23)C1. The molecule has 27 heavy (non-hydrogen) atoms. The van der Waals surface area contributed by atoms with E-state index < -0.39 is 0 Å². The Hall–Kier alpha value is -1.96. The number of thiophene rings is 1. The molecule has 4 aromatic rings. The second-order valence-corrected chi connectivity index (χ2v) is 9.10. The van der Waals surface area contributed by atoms with Crippen molar-refractivity contribution in [3.05, 3.63) is 46.1 Å². The highest BCUT2D eigenvalue weighted by molar-refractivity contribution is 7.99. The van der Waals surface area contributed by atoms with Gasteiger partial charge in [0.25, 0.3) is 5.22 Å². The molecule has 3 heterocycles. The monoisotopic (exact) mass is 414 g/mol. The maximum Gasteiger partial charge on any atom is 0.283 e. The molecule has 0 amide bonds. The summed E-state index contributed by atoms with van der Waals surface area (Å²) in [4.78, 5) is 11.5. The lowest BCUT2D eigenvalue weighted by Gasteiger charge is -2.17. The molecule has 0 aliphatic heterocycles. The highest BCUT2D eigenvalue weighted by Gasteiger charge is 2.24. The Morgan fingerprint density at radius 2 is 2.11 bits per heavy atom. The topological polar surface area (TPSA) is 64.7 Å². The van der Waals surface area contributed by atoms with E-state index in [-0.39, 0.29) is 0 Å². The van der Waals surface area contributed by atoms with Gasteiger partial charge in [0.1, 0.15) is 16.2 Å². The first-order valence-electron chi connectivity index (χ1n) is 8.70. The molecule has 1 aromatic carbocycles. The molecule has 8 heteroatoms. The van der Waals surface area contributed by atoms with E-state index >= 15 is 0 Å². The minimum atomic E-state index is 0.412. The third-order valence-corrected chi connectivity index (χ3v) is 7.09. The lowest BCUT2D eigenvalue weighted by molar-refractivity contribution is 0.465. The van der Waals surface area contributed by atoms with E-state index in [9.17, 15) is 0 Å². The number of hydrogen-bond donors (Lipinski definition) is 0. The first-order chi connectivity index (χ1) is 13.2. The number of aryl methyl sites for hydroxylation is 1. The molecular formula is C19H15ClN4OS2. The van der Waals surface area contributed by atoms with Crippen LogP contribution in [0.15, 0.2) is 45.3 Å². The average molecular weight is 415 g/mol. The summed E-state index contributed by atoms with van der Waals surface area (Å²) in [5.41, 5.74) is 2.12. The van der Waals surface area contributed by atoms with Gasteiger partial charge in [0.2, 0.25) is 5.89 Å². The molecule has 1 atom stereocenters. The van der Waals surface area contributed by atoms with Crippen LogP contribution in [0.1, 0.15) is 23.8 Å². The standard InChI is InChI=1S/C19H15ClN4OS2/c1-10-6-7-12-14(8-10)26-17-15(12)18(22-9-21-17)27-19-24-23-16(25-19)11-4-2-3-5-13(11)20/h2-5,9-10H,6-8H2,1H3. The Labute approximate surface area is 169 Å². The third kappa shape index (κ3) is 3.13. The lowest BCUT2D eigenvalue weighted by atomic mass is 9.89. The Bertz CT molecular complexity index is 1140. The van der Waals surface area contributed by atoms with Gasteiger partial charge in [-0.3, -0.25) is 0 Å². The predicted molar refractivity (Wildman–Crippen MR) is 107 cm³/mol. The van der Waals surface area contributed by atoms with Crippen LogP contribution in [0, 0.1) is 5.92 Å². The van der Waals surface area contributed by atoms with E-state index in [1.54, 1.807) is 23.7 Å². The van der Waals surface area contributed by atoms with Gasteiger partial charge in [-0.15, -0.1) is 21.5 Å². The maximum atomic E-state index is 6.23. The highest BCUT2D eigenvalue weighted by Crippen LogP contribution is 2.42. The van der Waals surface area contributed by atoms with Crippen LogP contribution in [-0.2, 0) is 12.8 Å². The van der Waals surface area contributed by atoms with Gasteiger partial charge in [-0.1, -0.05) is 30.7 Å². The number of hydrogen-bond acceptors (Lipinski definition) is 7. The van der Waals surface area contributed by atoms with Gasteiger partial charge in [0.15, 0.2) is 0 Å². The zero-order valence-corrected chi connectivity index (χ0v) is 16.9.